The zero-order valence-corrected chi connectivity index (χ0v) is 11.2. The summed E-state index contributed by atoms with van der Waals surface area (Å²) in [6, 6.07) is 1.94. The lowest BCUT2D eigenvalue weighted by Crippen LogP contribution is -2.20. The molecule has 3 rings (SSSR count). The first-order chi connectivity index (χ1) is 9.33. The Morgan fingerprint density at radius 1 is 1.37 bits per heavy atom. The molecule has 2 aromatic heterocycles. The van der Waals surface area contributed by atoms with Crippen molar-refractivity contribution in [2.24, 2.45) is 0 Å². The SMILES string of the molecule is Clc1cc(Cc2ncco2)cnc1C1=CCNCC1. The van der Waals surface area contributed by atoms with E-state index in [1.807, 2.05) is 12.3 Å². The van der Waals surface area contributed by atoms with Crippen LogP contribution in [0.4, 0.5) is 0 Å². The van der Waals surface area contributed by atoms with Crippen LogP contribution in [-0.4, -0.2) is 23.1 Å². The maximum atomic E-state index is 6.33. The van der Waals surface area contributed by atoms with Crippen molar-refractivity contribution in [3.8, 4) is 0 Å². The quantitative estimate of drug-likeness (QED) is 0.936. The molecule has 0 radical (unpaired) electrons. The van der Waals surface area contributed by atoms with E-state index in [0.717, 1.165) is 30.8 Å². The van der Waals surface area contributed by atoms with Crippen LogP contribution in [-0.2, 0) is 6.42 Å². The summed E-state index contributed by atoms with van der Waals surface area (Å²) in [4.78, 5) is 8.58. The van der Waals surface area contributed by atoms with Crippen molar-refractivity contribution in [1.82, 2.24) is 15.3 Å². The molecule has 1 aliphatic heterocycles. The van der Waals surface area contributed by atoms with Gasteiger partial charge in [0.15, 0.2) is 5.89 Å². The van der Waals surface area contributed by atoms with Crippen molar-refractivity contribution >= 4 is 17.2 Å². The number of pyridine rings is 1. The van der Waals surface area contributed by atoms with Gasteiger partial charge in [0, 0.05) is 12.7 Å². The Hall–Kier alpha value is -1.65. The number of nitrogens with zero attached hydrogens (tertiary/aromatic N) is 2. The van der Waals surface area contributed by atoms with Crippen LogP contribution in [0.25, 0.3) is 5.57 Å². The molecule has 98 valence electrons. The predicted molar refractivity (Wildman–Crippen MR) is 74.0 cm³/mol. The van der Waals surface area contributed by atoms with Crippen LogP contribution in [0, 0.1) is 0 Å². The van der Waals surface area contributed by atoms with Gasteiger partial charge in [-0.2, -0.15) is 0 Å². The number of nitrogens with one attached hydrogen (secondary N) is 1. The van der Waals surface area contributed by atoms with Crippen LogP contribution in [0.3, 0.4) is 0 Å². The van der Waals surface area contributed by atoms with Crippen LogP contribution in [0.15, 0.2) is 35.2 Å². The summed E-state index contributed by atoms with van der Waals surface area (Å²) in [6.45, 7) is 1.85. The smallest absolute Gasteiger partial charge is 0.198 e. The van der Waals surface area contributed by atoms with Gasteiger partial charge in [-0.15, -0.1) is 0 Å². The fraction of sp³-hybridized carbons (Fsp3) is 0.286. The highest BCUT2D eigenvalue weighted by molar-refractivity contribution is 6.32. The molecule has 5 heteroatoms. The van der Waals surface area contributed by atoms with E-state index in [1.165, 1.54) is 5.57 Å². The molecule has 0 fully saturated rings. The van der Waals surface area contributed by atoms with Crippen LogP contribution < -0.4 is 5.32 Å². The number of hydrogen-bond donors (Lipinski definition) is 1. The number of halogens is 1. The normalized spacial score (nSPS) is 15.3. The molecule has 0 aromatic carbocycles. The summed E-state index contributed by atoms with van der Waals surface area (Å²) in [6.07, 6.45) is 8.77. The Morgan fingerprint density at radius 2 is 2.32 bits per heavy atom. The fourth-order valence-electron chi connectivity index (χ4n) is 2.16. The second-order valence-electron chi connectivity index (χ2n) is 4.46. The monoisotopic (exact) mass is 275 g/mol. The predicted octanol–water partition coefficient (Wildman–Crippen LogP) is 2.69. The van der Waals surface area contributed by atoms with Crippen molar-refractivity contribution in [2.45, 2.75) is 12.8 Å². The minimum atomic E-state index is 0.612. The molecule has 0 aliphatic carbocycles. The summed E-state index contributed by atoms with van der Waals surface area (Å²) < 4.78 is 5.22. The third kappa shape index (κ3) is 2.85. The molecule has 4 nitrogen and oxygen atoms in total. The van der Waals surface area contributed by atoms with Crippen LogP contribution in [0.5, 0.6) is 0 Å². The molecule has 19 heavy (non-hydrogen) atoms. The Bertz CT molecular complexity index is 593. The van der Waals surface area contributed by atoms with Crippen molar-refractivity contribution in [3.63, 3.8) is 0 Å². The lowest BCUT2D eigenvalue weighted by atomic mass is 10.0. The summed E-state index contributed by atoms with van der Waals surface area (Å²) in [5, 5.41) is 3.97. The molecule has 0 atom stereocenters. The van der Waals surface area contributed by atoms with Crippen molar-refractivity contribution in [1.29, 1.82) is 0 Å². The third-order valence-corrected chi connectivity index (χ3v) is 3.39. The number of aromatic nitrogens is 2. The molecule has 1 N–H and O–H groups in total. The first-order valence-electron chi connectivity index (χ1n) is 6.26. The highest BCUT2D eigenvalue weighted by Gasteiger charge is 2.12. The molecule has 0 saturated carbocycles. The van der Waals surface area contributed by atoms with Gasteiger partial charge in [0.25, 0.3) is 0 Å². The van der Waals surface area contributed by atoms with Gasteiger partial charge < -0.3 is 9.73 Å². The number of oxazole rings is 1. The molecular formula is C14H14ClN3O. The third-order valence-electron chi connectivity index (χ3n) is 3.10. The molecule has 0 bridgehead atoms. The van der Waals surface area contributed by atoms with Gasteiger partial charge in [-0.3, -0.25) is 4.98 Å². The highest BCUT2D eigenvalue weighted by atomic mass is 35.5. The Balaban J connectivity index is 1.83. The van der Waals surface area contributed by atoms with E-state index < -0.39 is 0 Å². The zero-order valence-electron chi connectivity index (χ0n) is 10.4. The number of rotatable bonds is 3. The van der Waals surface area contributed by atoms with E-state index >= 15 is 0 Å². The van der Waals surface area contributed by atoms with Gasteiger partial charge in [-0.25, -0.2) is 4.98 Å². The largest absolute Gasteiger partial charge is 0.449 e. The molecule has 1 aliphatic rings. The van der Waals surface area contributed by atoms with E-state index in [2.05, 4.69) is 21.4 Å². The lowest BCUT2D eigenvalue weighted by Gasteiger charge is -2.14. The van der Waals surface area contributed by atoms with Crippen LogP contribution >= 0.6 is 11.6 Å². The molecule has 0 saturated heterocycles. The molecule has 2 aromatic rings. The van der Waals surface area contributed by atoms with Crippen LogP contribution in [0.1, 0.15) is 23.6 Å². The van der Waals surface area contributed by atoms with Gasteiger partial charge in [-0.1, -0.05) is 17.7 Å². The van der Waals surface area contributed by atoms with E-state index in [9.17, 15) is 0 Å². The van der Waals surface area contributed by atoms with Gasteiger partial charge in [-0.05, 0) is 30.2 Å². The van der Waals surface area contributed by atoms with Gasteiger partial charge in [0.2, 0.25) is 0 Å². The minimum absolute atomic E-state index is 0.612. The first kappa shape index (κ1) is 12.4. The molecule has 0 amide bonds. The lowest BCUT2D eigenvalue weighted by molar-refractivity contribution is 0.506. The van der Waals surface area contributed by atoms with E-state index in [0.29, 0.717) is 17.3 Å². The Kier molecular flexibility index (Phi) is 3.62. The molecular weight excluding hydrogens is 262 g/mol. The van der Waals surface area contributed by atoms with Gasteiger partial charge >= 0.3 is 0 Å². The molecule has 0 unspecified atom stereocenters. The van der Waals surface area contributed by atoms with Crippen molar-refractivity contribution in [3.05, 3.63) is 53.0 Å². The maximum absolute atomic E-state index is 6.33. The minimum Gasteiger partial charge on any atom is -0.449 e. The average Bonchev–Trinajstić information content (AvgIpc) is 2.93. The van der Waals surface area contributed by atoms with E-state index in [4.69, 9.17) is 16.0 Å². The van der Waals surface area contributed by atoms with Crippen LogP contribution in [0.2, 0.25) is 5.02 Å². The molecule has 3 heterocycles. The Labute approximate surface area is 116 Å². The average molecular weight is 276 g/mol. The zero-order chi connectivity index (χ0) is 13.1. The first-order valence-corrected chi connectivity index (χ1v) is 6.63. The molecule has 0 spiro atoms. The van der Waals surface area contributed by atoms with Gasteiger partial charge in [0.05, 0.1) is 23.3 Å². The van der Waals surface area contributed by atoms with Gasteiger partial charge in [0.1, 0.15) is 6.26 Å². The van der Waals surface area contributed by atoms with E-state index in [-0.39, 0.29) is 0 Å². The summed E-state index contributed by atoms with van der Waals surface area (Å²) in [5.74, 6) is 0.673. The van der Waals surface area contributed by atoms with Crippen molar-refractivity contribution < 1.29 is 4.42 Å². The highest BCUT2D eigenvalue weighted by Crippen LogP contribution is 2.26. The maximum Gasteiger partial charge on any atom is 0.198 e. The summed E-state index contributed by atoms with van der Waals surface area (Å²) >= 11 is 6.33. The Morgan fingerprint density at radius 3 is 3.00 bits per heavy atom. The second kappa shape index (κ2) is 5.55. The summed E-state index contributed by atoms with van der Waals surface area (Å²) in [7, 11) is 0. The second-order valence-corrected chi connectivity index (χ2v) is 4.87. The standard InChI is InChI=1S/C14H14ClN3O/c15-12-7-10(8-13-17-5-6-19-13)9-18-14(12)11-1-3-16-4-2-11/h1,5-7,9,16H,2-4,8H2. The number of hydrogen-bond acceptors (Lipinski definition) is 4. The van der Waals surface area contributed by atoms with E-state index in [1.54, 1.807) is 12.5 Å². The fourth-order valence-corrected chi connectivity index (χ4v) is 2.47. The summed E-state index contributed by atoms with van der Waals surface area (Å²) in [5.41, 5.74) is 3.11. The van der Waals surface area contributed by atoms with Crippen molar-refractivity contribution in [2.75, 3.05) is 13.1 Å². The topological polar surface area (TPSA) is 51.0 Å².